The second-order valence-corrected chi connectivity index (χ2v) is 6.99. The van der Waals surface area contributed by atoms with E-state index < -0.39 is 0 Å². The lowest BCUT2D eigenvalue weighted by Crippen LogP contribution is -2.44. The maximum atomic E-state index is 12.1. The second-order valence-electron chi connectivity index (χ2n) is 6.99. The summed E-state index contributed by atoms with van der Waals surface area (Å²) in [7, 11) is 0. The molecule has 2 heterocycles. The summed E-state index contributed by atoms with van der Waals surface area (Å²) in [6.07, 6.45) is 3.64. The van der Waals surface area contributed by atoms with Crippen LogP contribution in [0.3, 0.4) is 0 Å². The number of aryl methyl sites for hydroxylation is 1. The lowest BCUT2D eigenvalue weighted by atomic mass is 10.1. The van der Waals surface area contributed by atoms with Gasteiger partial charge in [-0.15, -0.1) is 0 Å². The molecule has 6 nitrogen and oxygen atoms in total. The molecule has 1 saturated heterocycles. The Balaban J connectivity index is 1.51. The molecule has 1 aromatic heterocycles. The molecule has 6 heteroatoms. The summed E-state index contributed by atoms with van der Waals surface area (Å²) in [6.45, 7) is 9.39. The molecule has 2 atom stereocenters. The van der Waals surface area contributed by atoms with E-state index in [1.165, 1.54) is 11.8 Å². The van der Waals surface area contributed by atoms with E-state index in [2.05, 4.69) is 58.3 Å². The van der Waals surface area contributed by atoms with Crippen LogP contribution in [0.5, 0.6) is 0 Å². The van der Waals surface area contributed by atoms with Crippen molar-refractivity contribution in [1.29, 1.82) is 0 Å². The van der Waals surface area contributed by atoms with Gasteiger partial charge in [-0.2, -0.15) is 0 Å². The highest BCUT2D eigenvalue weighted by molar-refractivity contribution is 5.91. The Bertz CT molecular complexity index is 720. The van der Waals surface area contributed by atoms with Crippen LogP contribution < -0.4 is 5.32 Å². The third kappa shape index (κ3) is 5.09. The van der Waals surface area contributed by atoms with E-state index in [0.717, 1.165) is 30.9 Å². The molecule has 26 heavy (non-hydrogen) atoms. The average Bonchev–Trinajstić information content (AvgIpc) is 2.60. The molecule has 0 radical (unpaired) electrons. The fourth-order valence-electron chi connectivity index (χ4n) is 3.22. The van der Waals surface area contributed by atoms with Crippen molar-refractivity contribution in [2.24, 2.45) is 0 Å². The molecule has 1 aliphatic rings. The van der Waals surface area contributed by atoms with Crippen molar-refractivity contribution in [3.63, 3.8) is 0 Å². The smallest absolute Gasteiger partial charge is 0.271 e. The van der Waals surface area contributed by atoms with E-state index in [0.29, 0.717) is 12.2 Å². The molecule has 1 N–H and O–H groups in total. The number of aromatic nitrogens is 2. The Morgan fingerprint density at radius 2 is 1.77 bits per heavy atom. The molecular formula is C20H26N4O2. The predicted octanol–water partition coefficient (Wildman–Crippen LogP) is 2.32. The van der Waals surface area contributed by atoms with Gasteiger partial charge in [-0.05, 0) is 31.9 Å². The number of nitrogens with zero attached hydrogens (tertiary/aromatic N) is 3. The molecule has 138 valence electrons. The molecular weight excluding hydrogens is 328 g/mol. The van der Waals surface area contributed by atoms with Gasteiger partial charge in [-0.25, -0.2) is 4.98 Å². The number of carbonyl (C=O) groups excluding carboxylic acids is 1. The van der Waals surface area contributed by atoms with Gasteiger partial charge in [0.25, 0.3) is 5.91 Å². The first-order chi connectivity index (χ1) is 12.5. The molecule has 0 bridgehead atoms. The Hall–Kier alpha value is -2.31. The number of nitrogens with one attached hydrogen (secondary N) is 1. The van der Waals surface area contributed by atoms with Crippen molar-refractivity contribution in [1.82, 2.24) is 20.2 Å². The first-order valence-corrected chi connectivity index (χ1v) is 9.02. The molecule has 0 saturated carbocycles. The number of amides is 1. The summed E-state index contributed by atoms with van der Waals surface area (Å²) < 4.78 is 5.78. The molecule has 0 aliphatic carbocycles. The monoisotopic (exact) mass is 354 g/mol. The van der Waals surface area contributed by atoms with Gasteiger partial charge < -0.3 is 10.1 Å². The summed E-state index contributed by atoms with van der Waals surface area (Å²) in [6, 6.07) is 8.36. The largest absolute Gasteiger partial charge is 0.373 e. The summed E-state index contributed by atoms with van der Waals surface area (Å²) in [4.78, 5) is 22.7. The number of hydrogen-bond acceptors (Lipinski definition) is 5. The minimum absolute atomic E-state index is 0.210. The highest BCUT2D eigenvalue weighted by Gasteiger charge is 2.21. The predicted molar refractivity (Wildman–Crippen MR) is 99.7 cm³/mol. The third-order valence-corrected chi connectivity index (χ3v) is 4.39. The Morgan fingerprint density at radius 1 is 1.12 bits per heavy atom. The summed E-state index contributed by atoms with van der Waals surface area (Å²) in [5.41, 5.74) is 3.46. The zero-order valence-corrected chi connectivity index (χ0v) is 15.6. The van der Waals surface area contributed by atoms with Crippen LogP contribution in [0.2, 0.25) is 0 Å². The van der Waals surface area contributed by atoms with Crippen LogP contribution >= 0.6 is 0 Å². The molecule has 2 unspecified atom stereocenters. The van der Waals surface area contributed by atoms with Gasteiger partial charge in [-0.3, -0.25) is 14.7 Å². The van der Waals surface area contributed by atoms with E-state index >= 15 is 0 Å². The fourth-order valence-corrected chi connectivity index (χ4v) is 3.22. The van der Waals surface area contributed by atoms with E-state index in [4.69, 9.17) is 4.74 Å². The summed E-state index contributed by atoms with van der Waals surface area (Å²) >= 11 is 0. The van der Waals surface area contributed by atoms with Crippen molar-refractivity contribution < 1.29 is 9.53 Å². The standard InChI is InChI=1S/C20H26N4O2/c1-14-8-22-19(10-21-14)20(25)23-9-17-4-6-18(7-5-17)13-24-11-15(2)26-16(3)12-24/h4-8,10,15-16H,9,11-13H2,1-3H3,(H,23,25). The molecule has 2 aromatic rings. The number of morpholine rings is 1. The van der Waals surface area contributed by atoms with E-state index in [1.54, 1.807) is 6.20 Å². The molecule has 1 aromatic carbocycles. The van der Waals surface area contributed by atoms with E-state index in [9.17, 15) is 4.79 Å². The summed E-state index contributed by atoms with van der Waals surface area (Å²) in [5.74, 6) is -0.210. The Kier molecular flexibility index (Phi) is 5.96. The van der Waals surface area contributed by atoms with E-state index in [1.807, 2.05) is 6.92 Å². The third-order valence-electron chi connectivity index (χ3n) is 4.39. The van der Waals surface area contributed by atoms with Crippen molar-refractivity contribution in [3.8, 4) is 0 Å². The molecule has 1 amide bonds. The number of benzene rings is 1. The maximum absolute atomic E-state index is 12.1. The van der Waals surface area contributed by atoms with Gasteiger partial charge in [0.05, 0.1) is 24.1 Å². The fraction of sp³-hybridized carbons (Fsp3) is 0.450. The maximum Gasteiger partial charge on any atom is 0.271 e. The first-order valence-electron chi connectivity index (χ1n) is 9.02. The van der Waals surface area contributed by atoms with Gasteiger partial charge in [0.2, 0.25) is 0 Å². The van der Waals surface area contributed by atoms with Gasteiger partial charge in [0.1, 0.15) is 5.69 Å². The zero-order chi connectivity index (χ0) is 18.5. The minimum atomic E-state index is -0.210. The zero-order valence-electron chi connectivity index (χ0n) is 15.6. The summed E-state index contributed by atoms with van der Waals surface area (Å²) in [5, 5.41) is 2.88. The minimum Gasteiger partial charge on any atom is -0.373 e. The first kappa shape index (κ1) is 18.5. The Morgan fingerprint density at radius 3 is 2.38 bits per heavy atom. The molecule has 1 fully saturated rings. The topological polar surface area (TPSA) is 67.4 Å². The van der Waals surface area contributed by atoms with Crippen molar-refractivity contribution in [2.75, 3.05) is 13.1 Å². The number of ether oxygens (including phenoxy) is 1. The highest BCUT2D eigenvalue weighted by Crippen LogP contribution is 2.14. The van der Waals surface area contributed by atoms with Crippen LogP contribution in [-0.2, 0) is 17.8 Å². The number of rotatable bonds is 5. The van der Waals surface area contributed by atoms with Crippen LogP contribution in [0.4, 0.5) is 0 Å². The van der Waals surface area contributed by atoms with Gasteiger partial charge >= 0.3 is 0 Å². The van der Waals surface area contributed by atoms with Crippen LogP contribution in [0, 0.1) is 6.92 Å². The quantitative estimate of drug-likeness (QED) is 0.893. The van der Waals surface area contributed by atoms with Gasteiger partial charge in [-0.1, -0.05) is 24.3 Å². The normalized spacial score (nSPS) is 20.7. The SMILES string of the molecule is Cc1cnc(C(=O)NCc2ccc(CN3CC(C)OC(C)C3)cc2)cn1. The van der Waals surface area contributed by atoms with Crippen molar-refractivity contribution >= 4 is 5.91 Å². The van der Waals surface area contributed by atoms with Crippen LogP contribution in [0.15, 0.2) is 36.7 Å². The molecule has 0 spiro atoms. The van der Waals surface area contributed by atoms with Gasteiger partial charge in [0.15, 0.2) is 0 Å². The number of carbonyl (C=O) groups is 1. The lowest BCUT2D eigenvalue weighted by molar-refractivity contribution is -0.0704. The lowest BCUT2D eigenvalue weighted by Gasteiger charge is -2.35. The number of hydrogen-bond donors (Lipinski definition) is 1. The van der Waals surface area contributed by atoms with Crippen molar-refractivity contribution in [2.45, 2.75) is 46.1 Å². The molecule has 1 aliphatic heterocycles. The van der Waals surface area contributed by atoms with Crippen molar-refractivity contribution in [3.05, 3.63) is 59.2 Å². The van der Waals surface area contributed by atoms with Crippen LogP contribution in [0.25, 0.3) is 0 Å². The molecule has 3 rings (SSSR count). The van der Waals surface area contributed by atoms with Crippen LogP contribution in [-0.4, -0.2) is 46.1 Å². The van der Waals surface area contributed by atoms with E-state index in [-0.39, 0.29) is 18.1 Å². The second kappa shape index (κ2) is 8.38. The average molecular weight is 354 g/mol. The Labute approximate surface area is 154 Å². The highest BCUT2D eigenvalue weighted by atomic mass is 16.5. The van der Waals surface area contributed by atoms with Crippen LogP contribution in [0.1, 0.15) is 41.2 Å². The van der Waals surface area contributed by atoms with Gasteiger partial charge in [0, 0.05) is 32.4 Å².